The van der Waals surface area contributed by atoms with Gasteiger partial charge in [0.05, 0.1) is 6.04 Å². The summed E-state index contributed by atoms with van der Waals surface area (Å²) in [6.45, 7) is 3.33. The molecule has 0 saturated heterocycles. The van der Waals surface area contributed by atoms with E-state index in [0.29, 0.717) is 0 Å². The zero-order chi connectivity index (χ0) is 14.6. The topological polar surface area (TPSA) is 118 Å². The van der Waals surface area contributed by atoms with E-state index in [4.69, 9.17) is 10.9 Å². The molecule has 0 aromatic carbocycles. The summed E-state index contributed by atoms with van der Waals surface area (Å²) in [4.78, 5) is 3.48. The third-order valence-electron chi connectivity index (χ3n) is 2.36. The average Bonchev–Trinajstić information content (AvgIpc) is 2.35. The van der Waals surface area contributed by atoms with Crippen LogP contribution in [0.4, 0.5) is 4.39 Å². The van der Waals surface area contributed by atoms with Crippen molar-refractivity contribution in [2.24, 2.45) is 16.8 Å². The number of hydrogen-bond acceptors (Lipinski definition) is 5. The first kappa shape index (κ1) is 15.3. The number of amidine groups is 1. The van der Waals surface area contributed by atoms with Gasteiger partial charge in [0.15, 0.2) is 11.7 Å². The van der Waals surface area contributed by atoms with Crippen molar-refractivity contribution >= 4 is 15.9 Å². The van der Waals surface area contributed by atoms with Crippen LogP contribution in [0.3, 0.4) is 0 Å². The van der Waals surface area contributed by atoms with Gasteiger partial charge in [-0.1, -0.05) is 19.0 Å². The van der Waals surface area contributed by atoms with E-state index in [1.807, 2.05) is 0 Å². The van der Waals surface area contributed by atoms with Crippen molar-refractivity contribution in [1.29, 1.82) is 0 Å². The van der Waals surface area contributed by atoms with E-state index in [-0.39, 0.29) is 11.8 Å². The molecule has 0 spiro atoms. The Morgan fingerprint density at radius 1 is 1.58 bits per heavy atom. The summed E-state index contributed by atoms with van der Waals surface area (Å²) in [5.41, 5.74) is 5.40. The van der Waals surface area contributed by atoms with Crippen molar-refractivity contribution in [3.8, 4) is 0 Å². The van der Waals surface area contributed by atoms with Crippen LogP contribution in [0.1, 0.15) is 13.8 Å². The van der Waals surface area contributed by atoms with Gasteiger partial charge in [-0.15, -0.1) is 0 Å². The molecule has 1 rings (SSSR count). The number of nitrogens with two attached hydrogens (primary N) is 1. The molecule has 4 N–H and O–H groups in total. The Bertz CT molecular complexity index is 574. The summed E-state index contributed by atoms with van der Waals surface area (Å²) in [7, 11) is -4.20. The second-order valence-electron chi connectivity index (χ2n) is 4.16. The number of oxime groups is 1. The first-order valence-electron chi connectivity index (χ1n) is 5.40. The van der Waals surface area contributed by atoms with Crippen LogP contribution in [0.25, 0.3) is 0 Å². The lowest BCUT2D eigenvalue weighted by Crippen LogP contribution is -2.48. The zero-order valence-electron chi connectivity index (χ0n) is 10.4. The molecule has 1 atom stereocenters. The van der Waals surface area contributed by atoms with Gasteiger partial charge >= 0.3 is 0 Å². The van der Waals surface area contributed by atoms with Crippen molar-refractivity contribution in [2.45, 2.75) is 24.9 Å². The molecule has 7 nitrogen and oxygen atoms in total. The van der Waals surface area contributed by atoms with Gasteiger partial charge in [-0.3, -0.25) is 0 Å². The molecule has 106 valence electrons. The summed E-state index contributed by atoms with van der Waals surface area (Å²) in [5, 5.41) is 10.6. The summed E-state index contributed by atoms with van der Waals surface area (Å²) < 4.78 is 39.5. The minimum absolute atomic E-state index is 0.294. The number of nitrogens with zero attached hydrogens (tertiary/aromatic N) is 2. The first-order chi connectivity index (χ1) is 8.79. The molecule has 0 aliphatic heterocycles. The highest BCUT2D eigenvalue weighted by atomic mass is 32.2. The molecule has 1 heterocycles. The second-order valence-corrected chi connectivity index (χ2v) is 5.79. The zero-order valence-corrected chi connectivity index (χ0v) is 11.2. The second kappa shape index (κ2) is 5.93. The van der Waals surface area contributed by atoms with Gasteiger partial charge < -0.3 is 10.9 Å². The van der Waals surface area contributed by atoms with Crippen LogP contribution >= 0.6 is 0 Å². The Morgan fingerprint density at radius 2 is 2.21 bits per heavy atom. The molecular formula is C10H15FN4O3S. The molecule has 0 amide bonds. The quantitative estimate of drug-likeness (QED) is 0.311. The van der Waals surface area contributed by atoms with Gasteiger partial charge in [-0.05, 0) is 18.1 Å². The van der Waals surface area contributed by atoms with Gasteiger partial charge in [0.1, 0.15) is 0 Å². The maximum atomic E-state index is 13.4. The molecule has 19 heavy (non-hydrogen) atoms. The fourth-order valence-corrected chi connectivity index (χ4v) is 2.76. The monoisotopic (exact) mass is 290 g/mol. The van der Waals surface area contributed by atoms with Crippen LogP contribution in [-0.4, -0.2) is 30.5 Å². The molecular weight excluding hydrogens is 275 g/mol. The first-order valence-corrected chi connectivity index (χ1v) is 6.88. The highest BCUT2D eigenvalue weighted by Gasteiger charge is 2.28. The third-order valence-corrected chi connectivity index (χ3v) is 3.74. The number of halogens is 1. The van der Waals surface area contributed by atoms with Crippen LogP contribution in [0.15, 0.2) is 28.5 Å². The minimum Gasteiger partial charge on any atom is -0.409 e. The minimum atomic E-state index is -4.20. The SMILES string of the molecule is CC(C)C(NS(=O)(=O)c1ncccc1F)/C(N)=N/O. The summed E-state index contributed by atoms with van der Waals surface area (Å²) in [6, 6.07) is 1.30. The van der Waals surface area contributed by atoms with Crippen molar-refractivity contribution in [1.82, 2.24) is 9.71 Å². The van der Waals surface area contributed by atoms with Crippen LogP contribution < -0.4 is 10.5 Å². The van der Waals surface area contributed by atoms with Gasteiger partial charge in [-0.25, -0.2) is 17.8 Å². The molecule has 1 unspecified atom stereocenters. The lowest BCUT2D eigenvalue weighted by molar-refractivity contribution is 0.313. The predicted octanol–water partition coefficient (Wildman–Crippen LogP) is 0.270. The molecule has 0 aliphatic carbocycles. The maximum absolute atomic E-state index is 13.4. The summed E-state index contributed by atoms with van der Waals surface area (Å²) in [6.07, 6.45) is 1.16. The molecule has 1 aromatic rings. The van der Waals surface area contributed by atoms with Crippen molar-refractivity contribution in [3.05, 3.63) is 24.1 Å². The summed E-state index contributed by atoms with van der Waals surface area (Å²) >= 11 is 0. The van der Waals surface area contributed by atoms with E-state index >= 15 is 0 Å². The molecule has 0 bridgehead atoms. The number of nitrogens with one attached hydrogen (secondary N) is 1. The Hall–Kier alpha value is -1.74. The van der Waals surface area contributed by atoms with Crippen LogP contribution in [0, 0.1) is 11.7 Å². The standard InChI is InChI=1S/C10H15FN4O3S/c1-6(2)8(9(12)14-16)15-19(17,18)10-7(11)4-3-5-13-10/h3-6,8,15-16H,1-2H3,(H2,12,14). The van der Waals surface area contributed by atoms with E-state index in [2.05, 4.69) is 14.9 Å². The highest BCUT2D eigenvalue weighted by Crippen LogP contribution is 2.12. The van der Waals surface area contributed by atoms with Crippen LogP contribution in [0.2, 0.25) is 0 Å². The maximum Gasteiger partial charge on any atom is 0.261 e. The summed E-state index contributed by atoms with van der Waals surface area (Å²) in [5.74, 6) is -1.58. The Labute approximate surface area is 110 Å². The lowest BCUT2D eigenvalue weighted by atomic mass is 10.1. The smallest absolute Gasteiger partial charge is 0.261 e. The molecule has 0 fully saturated rings. The Morgan fingerprint density at radius 3 is 2.68 bits per heavy atom. The van der Waals surface area contributed by atoms with E-state index in [0.717, 1.165) is 12.3 Å². The molecule has 0 aliphatic rings. The number of pyridine rings is 1. The Kier molecular flexibility index (Phi) is 4.78. The van der Waals surface area contributed by atoms with E-state index in [1.165, 1.54) is 6.07 Å². The number of sulfonamides is 1. The molecule has 0 saturated carbocycles. The molecule has 0 radical (unpaired) electrons. The lowest BCUT2D eigenvalue weighted by Gasteiger charge is -2.20. The third kappa shape index (κ3) is 3.61. The van der Waals surface area contributed by atoms with Crippen molar-refractivity contribution < 1.29 is 18.0 Å². The number of aromatic nitrogens is 1. The average molecular weight is 290 g/mol. The Balaban J connectivity index is 3.12. The van der Waals surface area contributed by atoms with Gasteiger partial charge in [-0.2, -0.15) is 4.72 Å². The van der Waals surface area contributed by atoms with Gasteiger partial charge in [0.2, 0.25) is 5.03 Å². The fourth-order valence-electron chi connectivity index (χ4n) is 1.39. The largest absolute Gasteiger partial charge is 0.409 e. The number of hydrogen-bond donors (Lipinski definition) is 3. The van der Waals surface area contributed by atoms with Crippen LogP contribution in [-0.2, 0) is 10.0 Å². The fraction of sp³-hybridized carbons (Fsp3) is 0.400. The van der Waals surface area contributed by atoms with Crippen LogP contribution in [0.5, 0.6) is 0 Å². The van der Waals surface area contributed by atoms with E-state index in [9.17, 15) is 12.8 Å². The normalized spacial score (nSPS) is 14.6. The van der Waals surface area contributed by atoms with Gasteiger partial charge in [0.25, 0.3) is 10.0 Å². The molecule has 9 heteroatoms. The van der Waals surface area contributed by atoms with Crippen molar-refractivity contribution in [3.63, 3.8) is 0 Å². The van der Waals surface area contributed by atoms with E-state index in [1.54, 1.807) is 13.8 Å². The predicted molar refractivity (Wildman–Crippen MR) is 66.6 cm³/mol. The molecule has 1 aromatic heterocycles. The van der Waals surface area contributed by atoms with E-state index < -0.39 is 26.9 Å². The number of rotatable bonds is 5. The van der Waals surface area contributed by atoms with Gasteiger partial charge in [0, 0.05) is 6.20 Å². The van der Waals surface area contributed by atoms with Crippen molar-refractivity contribution in [2.75, 3.05) is 0 Å². The highest BCUT2D eigenvalue weighted by molar-refractivity contribution is 7.89.